The molecule has 2 N–H and O–H groups in total. The summed E-state index contributed by atoms with van der Waals surface area (Å²) in [4.78, 5) is 32.3. The second-order valence-electron chi connectivity index (χ2n) is 2.89. The Hall–Kier alpha value is -1.91. The van der Waals surface area contributed by atoms with Gasteiger partial charge >= 0.3 is 11.9 Å². The highest BCUT2D eigenvalue weighted by atomic mass is 16.4. The molecule has 0 aliphatic heterocycles. The lowest BCUT2D eigenvalue weighted by Crippen LogP contribution is -2.45. The van der Waals surface area contributed by atoms with Gasteiger partial charge in [0.1, 0.15) is 6.29 Å². The summed E-state index contributed by atoms with van der Waals surface area (Å²) < 4.78 is 0. The fraction of sp³-hybridized carbons (Fsp3) is 0.222. The van der Waals surface area contributed by atoms with Crippen LogP contribution in [0.5, 0.6) is 0 Å². The zero-order chi connectivity index (χ0) is 10.8. The Morgan fingerprint density at radius 3 is 2.14 bits per heavy atom. The van der Waals surface area contributed by atoms with Gasteiger partial charge in [0, 0.05) is 0 Å². The van der Waals surface area contributed by atoms with Crippen molar-refractivity contribution in [1.82, 2.24) is 0 Å². The maximum Gasteiger partial charge on any atom is 0.326 e. The Morgan fingerprint density at radius 2 is 1.79 bits per heavy atom. The molecule has 0 radical (unpaired) electrons. The first-order valence-electron chi connectivity index (χ1n) is 3.84. The zero-order valence-corrected chi connectivity index (χ0v) is 7.08. The third-order valence-corrected chi connectivity index (χ3v) is 2.17. The Labute approximate surface area is 79.3 Å². The van der Waals surface area contributed by atoms with E-state index in [-0.39, 0.29) is 0 Å². The van der Waals surface area contributed by atoms with Crippen LogP contribution >= 0.6 is 0 Å². The number of carbonyl (C=O) groups excluding carboxylic acids is 1. The molecule has 0 saturated heterocycles. The SMILES string of the molecule is O=CC1C=CC=CC1(C(=O)O)C(=O)O. The summed E-state index contributed by atoms with van der Waals surface area (Å²) in [6.07, 6.45) is 5.35. The summed E-state index contributed by atoms with van der Waals surface area (Å²) >= 11 is 0. The van der Waals surface area contributed by atoms with E-state index in [1.165, 1.54) is 18.2 Å². The molecular formula is C9H8O5. The van der Waals surface area contributed by atoms with Crippen LogP contribution in [-0.4, -0.2) is 28.4 Å². The maximum atomic E-state index is 10.9. The molecule has 1 aliphatic carbocycles. The molecule has 0 spiro atoms. The Morgan fingerprint density at radius 1 is 1.21 bits per heavy atom. The van der Waals surface area contributed by atoms with Gasteiger partial charge in [-0.1, -0.05) is 24.3 Å². The van der Waals surface area contributed by atoms with Gasteiger partial charge in [-0.25, -0.2) is 0 Å². The van der Waals surface area contributed by atoms with Gasteiger partial charge in [0.2, 0.25) is 0 Å². The monoisotopic (exact) mass is 196 g/mol. The van der Waals surface area contributed by atoms with Gasteiger partial charge in [-0.2, -0.15) is 0 Å². The maximum absolute atomic E-state index is 10.9. The number of aliphatic carboxylic acids is 2. The van der Waals surface area contributed by atoms with Gasteiger partial charge in [0.05, 0.1) is 5.92 Å². The molecule has 5 nitrogen and oxygen atoms in total. The van der Waals surface area contributed by atoms with E-state index in [0.29, 0.717) is 6.29 Å². The lowest BCUT2D eigenvalue weighted by atomic mass is 9.73. The van der Waals surface area contributed by atoms with Crippen molar-refractivity contribution in [3.05, 3.63) is 24.3 Å². The second-order valence-corrected chi connectivity index (χ2v) is 2.89. The minimum atomic E-state index is -2.16. The van der Waals surface area contributed by atoms with Crippen molar-refractivity contribution in [1.29, 1.82) is 0 Å². The number of carboxylic acid groups (broad SMARTS) is 2. The number of aldehydes is 1. The summed E-state index contributed by atoms with van der Waals surface area (Å²) in [5.74, 6) is -4.24. The molecule has 0 saturated carbocycles. The van der Waals surface area contributed by atoms with Crippen LogP contribution in [0.4, 0.5) is 0 Å². The van der Waals surface area contributed by atoms with Crippen LogP contribution in [-0.2, 0) is 14.4 Å². The molecule has 0 bridgehead atoms. The topological polar surface area (TPSA) is 91.7 Å². The van der Waals surface area contributed by atoms with E-state index in [2.05, 4.69) is 0 Å². The van der Waals surface area contributed by atoms with Crippen LogP contribution in [0.25, 0.3) is 0 Å². The smallest absolute Gasteiger partial charge is 0.326 e. The standard InChI is InChI=1S/C9H8O5/c10-5-6-3-1-2-4-9(6,7(11)12)8(13)14/h1-6H,(H,11,12)(H,13,14). The largest absolute Gasteiger partial charge is 0.480 e. The van der Waals surface area contributed by atoms with E-state index in [4.69, 9.17) is 10.2 Å². The van der Waals surface area contributed by atoms with Gasteiger partial charge in [-0.15, -0.1) is 0 Å². The van der Waals surface area contributed by atoms with Crippen LogP contribution in [0.2, 0.25) is 0 Å². The van der Waals surface area contributed by atoms with Crippen molar-refractivity contribution in [2.45, 2.75) is 0 Å². The van der Waals surface area contributed by atoms with E-state index in [0.717, 1.165) is 6.08 Å². The van der Waals surface area contributed by atoms with Gasteiger partial charge in [-0.05, 0) is 0 Å². The van der Waals surface area contributed by atoms with Crippen molar-refractivity contribution < 1.29 is 24.6 Å². The molecular weight excluding hydrogens is 188 g/mol. The molecule has 1 aliphatic rings. The second kappa shape index (κ2) is 3.45. The molecule has 74 valence electrons. The molecule has 14 heavy (non-hydrogen) atoms. The molecule has 1 unspecified atom stereocenters. The first kappa shape index (κ1) is 10.2. The normalized spacial score (nSPS) is 23.0. The Bertz CT molecular complexity index is 325. The van der Waals surface area contributed by atoms with Crippen molar-refractivity contribution in [2.24, 2.45) is 11.3 Å². The number of hydrogen-bond donors (Lipinski definition) is 2. The van der Waals surface area contributed by atoms with Crippen molar-refractivity contribution in [2.75, 3.05) is 0 Å². The highest BCUT2D eigenvalue weighted by Gasteiger charge is 2.51. The van der Waals surface area contributed by atoms with Crippen LogP contribution < -0.4 is 0 Å². The lowest BCUT2D eigenvalue weighted by Gasteiger charge is -2.26. The van der Waals surface area contributed by atoms with E-state index in [9.17, 15) is 14.4 Å². The Balaban J connectivity index is 3.27. The minimum Gasteiger partial charge on any atom is -0.480 e. The predicted molar refractivity (Wildman–Crippen MR) is 45.5 cm³/mol. The third-order valence-electron chi connectivity index (χ3n) is 2.17. The van der Waals surface area contributed by atoms with Crippen LogP contribution in [0.1, 0.15) is 0 Å². The summed E-state index contributed by atoms with van der Waals surface area (Å²) in [6.45, 7) is 0. The molecule has 0 aromatic heterocycles. The minimum absolute atomic E-state index is 0.322. The quantitative estimate of drug-likeness (QED) is 0.492. The average molecular weight is 196 g/mol. The van der Waals surface area contributed by atoms with E-state index >= 15 is 0 Å². The zero-order valence-electron chi connectivity index (χ0n) is 7.08. The molecule has 5 heteroatoms. The van der Waals surface area contributed by atoms with Crippen molar-refractivity contribution >= 4 is 18.2 Å². The van der Waals surface area contributed by atoms with Gasteiger partial charge in [0.15, 0.2) is 5.41 Å². The molecule has 0 aromatic carbocycles. The summed E-state index contributed by atoms with van der Waals surface area (Å²) in [5.41, 5.74) is -2.16. The van der Waals surface area contributed by atoms with E-state index in [1.807, 2.05) is 0 Å². The highest BCUT2D eigenvalue weighted by Crippen LogP contribution is 2.33. The number of rotatable bonds is 3. The first-order valence-corrected chi connectivity index (χ1v) is 3.84. The lowest BCUT2D eigenvalue weighted by molar-refractivity contribution is -0.164. The van der Waals surface area contributed by atoms with E-state index < -0.39 is 23.3 Å². The molecule has 0 fully saturated rings. The number of carbonyl (C=O) groups is 3. The van der Waals surface area contributed by atoms with Crippen molar-refractivity contribution in [3.63, 3.8) is 0 Å². The van der Waals surface area contributed by atoms with Gasteiger partial charge < -0.3 is 15.0 Å². The molecule has 1 rings (SSSR count). The summed E-state index contributed by atoms with van der Waals surface area (Å²) in [6, 6.07) is 0. The molecule has 1 atom stereocenters. The molecule has 0 aromatic rings. The molecule has 0 heterocycles. The first-order chi connectivity index (χ1) is 6.55. The van der Waals surface area contributed by atoms with E-state index in [1.54, 1.807) is 0 Å². The number of carboxylic acids is 2. The van der Waals surface area contributed by atoms with Gasteiger partial charge in [0.25, 0.3) is 0 Å². The summed E-state index contributed by atoms with van der Waals surface area (Å²) in [7, 11) is 0. The fourth-order valence-electron chi connectivity index (χ4n) is 1.33. The Kier molecular flexibility index (Phi) is 2.51. The van der Waals surface area contributed by atoms with Crippen LogP contribution in [0.15, 0.2) is 24.3 Å². The summed E-state index contributed by atoms with van der Waals surface area (Å²) in [5, 5.41) is 17.7. The number of hydrogen-bond acceptors (Lipinski definition) is 3. The van der Waals surface area contributed by atoms with Crippen molar-refractivity contribution in [3.8, 4) is 0 Å². The fourth-order valence-corrected chi connectivity index (χ4v) is 1.33. The van der Waals surface area contributed by atoms with Crippen LogP contribution in [0.3, 0.4) is 0 Å². The number of allylic oxidation sites excluding steroid dienone is 3. The van der Waals surface area contributed by atoms with Gasteiger partial charge in [-0.3, -0.25) is 9.59 Å². The van der Waals surface area contributed by atoms with Crippen LogP contribution in [0, 0.1) is 11.3 Å². The highest BCUT2D eigenvalue weighted by molar-refractivity contribution is 6.04. The molecule has 0 amide bonds. The third kappa shape index (κ3) is 1.22. The average Bonchev–Trinajstić information content (AvgIpc) is 2.16. The predicted octanol–water partition coefficient (Wildman–Crippen LogP) is 0.0831.